The molecule has 6 heteroatoms. The molecule has 0 aliphatic carbocycles. The second kappa shape index (κ2) is 5.06. The normalized spacial score (nSPS) is 25.2. The predicted octanol–water partition coefficient (Wildman–Crippen LogP) is 0.869. The molecule has 1 fully saturated rings. The van der Waals surface area contributed by atoms with Gasteiger partial charge in [-0.1, -0.05) is 18.5 Å². The van der Waals surface area contributed by atoms with Crippen molar-refractivity contribution in [1.29, 1.82) is 0 Å². The second-order valence-corrected chi connectivity index (χ2v) is 4.93. The molecule has 1 N–H and O–H groups in total. The van der Waals surface area contributed by atoms with Crippen LogP contribution in [0.1, 0.15) is 38.4 Å². The fourth-order valence-corrected chi connectivity index (χ4v) is 2.47. The van der Waals surface area contributed by atoms with Crippen molar-refractivity contribution in [2.75, 3.05) is 13.1 Å². The van der Waals surface area contributed by atoms with Crippen molar-refractivity contribution in [2.45, 2.75) is 45.7 Å². The van der Waals surface area contributed by atoms with E-state index >= 15 is 0 Å². The number of nitrogens with zero attached hydrogens (tertiary/aromatic N) is 3. The van der Waals surface area contributed by atoms with Crippen LogP contribution in [0.4, 0.5) is 0 Å². The summed E-state index contributed by atoms with van der Waals surface area (Å²) >= 11 is 0. The number of piperazine rings is 1. The molecule has 1 saturated heterocycles. The van der Waals surface area contributed by atoms with Gasteiger partial charge >= 0.3 is 0 Å². The van der Waals surface area contributed by atoms with Crippen molar-refractivity contribution in [2.24, 2.45) is 0 Å². The molecule has 1 amide bonds. The standard InChI is InChI=1S/C12H20N4O2/c1-4-5-12(3)11(17)13-6-7-16(12)8-10-14-9(2)18-15-10/h4-8H2,1-3H3,(H,13,17). The lowest BCUT2D eigenvalue weighted by molar-refractivity contribution is -0.137. The zero-order valence-electron chi connectivity index (χ0n) is 11.2. The monoisotopic (exact) mass is 252 g/mol. The van der Waals surface area contributed by atoms with E-state index in [1.165, 1.54) is 0 Å². The maximum Gasteiger partial charge on any atom is 0.240 e. The van der Waals surface area contributed by atoms with Gasteiger partial charge in [0.25, 0.3) is 0 Å². The Bertz CT molecular complexity index is 431. The Morgan fingerprint density at radius 1 is 1.56 bits per heavy atom. The van der Waals surface area contributed by atoms with Gasteiger partial charge in [-0.15, -0.1) is 0 Å². The molecule has 0 radical (unpaired) electrons. The number of rotatable bonds is 4. The van der Waals surface area contributed by atoms with E-state index in [2.05, 4.69) is 27.3 Å². The lowest BCUT2D eigenvalue weighted by Gasteiger charge is -2.43. The largest absolute Gasteiger partial charge is 0.353 e. The third-order valence-electron chi connectivity index (χ3n) is 3.49. The molecular formula is C12H20N4O2. The predicted molar refractivity (Wildman–Crippen MR) is 65.8 cm³/mol. The summed E-state index contributed by atoms with van der Waals surface area (Å²) in [6.07, 6.45) is 1.79. The third-order valence-corrected chi connectivity index (χ3v) is 3.49. The lowest BCUT2D eigenvalue weighted by Crippen LogP contribution is -2.62. The van der Waals surface area contributed by atoms with E-state index in [0.717, 1.165) is 19.4 Å². The lowest BCUT2D eigenvalue weighted by atomic mass is 9.90. The summed E-state index contributed by atoms with van der Waals surface area (Å²) in [4.78, 5) is 18.4. The molecule has 6 nitrogen and oxygen atoms in total. The Morgan fingerprint density at radius 2 is 2.33 bits per heavy atom. The van der Waals surface area contributed by atoms with Crippen molar-refractivity contribution in [3.63, 3.8) is 0 Å². The van der Waals surface area contributed by atoms with E-state index in [9.17, 15) is 4.79 Å². The van der Waals surface area contributed by atoms with Gasteiger partial charge in [-0.25, -0.2) is 0 Å². The van der Waals surface area contributed by atoms with Crippen LogP contribution in [0.5, 0.6) is 0 Å². The molecule has 0 bridgehead atoms. The highest BCUT2D eigenvalue weighted by atomic mass is 16.5. The maximum atomic E-state index is 12.1. The van der Waals surface area contributed by atoms with Gasteiger partial charge in [0.15, 0.2) is 5.82 Å². The third kappa shape index (κ3) is 2.38. The van der Waals surface area contributed by atoms with Gasteiger partial charge in [-0.3, -0.25) is 9.69 Å². The molecule has 1 aliphatic heterocycles. The number of hydrogen-bond donors (Lipinski definition) is 1. The molecule has 0 saturated carbocycles. The highest BCUT2D eigenvalue weighted by molar-refractivity contribution is 5.86. The van der Waals surface area contributed by atoms with Crippen molar-refractivity contribution >= 4 is 5.91 Å². The first-order valence-corrected chi connectivity index (χ1v) is 6.39. The molecule has 1 unspecified atom stereocenters. The number of amides is 1. The molecule has 2 heterocycles. The van der Waals surface area contributed by atoms with E-state index in [1.54, 1.807) is 6.92 Å². The van der Waals surface area contributed by atoms with Crippen LogP contribution in [-0.2, 0) is 11.3 Å². The average molecular weight is 252 g/mol. The molecule has 1 atom stereocenters. The van der Waals surface area contributed by atoms with E-state index in [4.69, 9.17) is 4.52 Å². The SMILES string of the molecule is CCCC1(C)C(=O)NCCN1Cc1noc(C)n1. The second-order valence-electron chi connectivity index (χ2n) is 4.93. The number of hydrogen-bond acceptors (Lipinski definition) is 5. The van der Waals surface area contributed by atoms with Crippen LogP contribution in [0.2, 0.25) is 0 Å². The van der Waals surface area contributed by atoms with E-state index in [0.29, 0.717) is 24.8 Å². The number of carbonyl (C=O) groups is 1. The van der Waals surface area contributed by atoms with Crippen LogP contribution < -0.4 is 5.32 Å². The molecule has 18 heavy (non-hydrogen) atoms. The summed E-state index contributed by atoms with van der Waals surface area (Å²) in [7, 11) is 0. The van der Waals surface area contributed by atoms with Crippen LogP contribution in [0.15, 0.2) is 4.52 Å². The summed E-state index contributed by atoms with van der Waals surface area (Å²) in [5, 5.41) is 6.83. The van der Waals surface area contributed by atoms with Crippen molar-refractivity contribution in [3.05, 3.63) is 11.7 Å². The number of aromatic nitrogens is 2. The number of nitrogens with one attached hydrogen (secondary N) is 1. The van der Waals surface area contributed by atoms with Gasteiger partial charge in [-0.05, 0) is 13.3 Å². The minimum atomic E-state index is -0.471. The zero-order valence-corrected chi connectivity index (χ0v) is 11.2. The van der Waals surface area contributed by atoms with Crippen LogP contribution in [-0.4, -0.2) is 39.6 Å². The molecular weight excluding hydrogens is 232 g/mol. The summed E-state index contributed by atoms with van der Waals surface area (Å²) in [5.74, 6) is 1.30. The first-order valence-electron chi connectivity index (χ1n) is 6.39. The van der Waals surface area contributed by atoms with Crippen LogP contribution in [0.3, 0.4) is 0 Å². The van der Waals surface area contributed by atoms with E-state index in [1.807, 2.05) is 6.92 Å². The van der Waals surface area contributed by atoms with E-state index in [-0.39, 0.29) is 5.91 Å². The molecule has 0 spiro atoms. The average Bonchev–Trinajstić information content (AvgIpc) is 2.72. The summed E-state index contributed by atoms with van der Waals surface area (Å²) in [6.45, 7) is 7.89. The van der Waals surface area contributed by atoms with Crippen molar-refractivity contribution < 1.29 is 9.32 Å². The Morgan fingerprint density at radius 3 is 2.94 bits per heavy atom. The van der Waals surface area contributed by atoms with Gasteiger partial charge in [0.1, 0.15) is 0 Å². The summed E-state index contributed by atoms with van der Waals surface area (Å²) < 4.78 is 4.97. The highest BCUT2D eigenvalue weighted by Gasteiger charge is 2.41. The smallest absolute Gasteiger partial charge is 0.240 e. The summed E-state index contributed by atoms with van der Waals surface area (Å²) in [6, 6.07) is 0. The van der Waals surface area contributed by atoms with Crippen LogP contribution in [0, 0.1) is 6.92 Å². The first-order chi connectivity index (χ1) is 8.56. The Labute approximate surface area is 107 Å². The van der Waals surface area contributed by atoms with Crippen molar-refractivity contribution in [3.8, 4) is 0 Å². The Balaban J connectivity index is 2.15. The van der Waals surface area contributed by atoms with Gasteiger partial charge in [0, 0.05) is 20.0 Å². The topological polar surface area (TPSA) is 71.3 Å². The molecule has 100 valence electrons. The van der Waals surface area contributed by atoms with Gasteiger partial charge < -0.3 is 9.84 Å². The quantitative estimate of drug-likeness (QED) is 0.861. The van der Waals surface area contributed by atoms with Gasteiger partial charge in [0.2, 0.25) is 11.8 Å². The fraction of sp³-hybridized carbons (Fsp3) is 0.750. The Kier molecular flexibility index (Phi) is 3.65. The first kappa shape index (κ1) is 13.0. The fourth-order valence-electron chi connectivity index (χ4n) is 2.47. The molecule has 1 aliphatic rings. The molecule has 1 aromatic heterocycles. The Hall–Kier alpha value is -1.43. The minimum absolute atomic E-state index is 0.0933. The van der Waals surface area contributed by atoms with Gasteiger partial charge in [0.05, 0.1) is 12.1 Å². The molecule has 0 aromatic carbocycles. The minimum Gasteiger partial charge on any atom is -0.353 e. The van der Waals surface area contributed by atoms with Crippen LogP contribution in [0.25, 0.3) is 0 Å². The number of carbonyl (C=O) groups excluding carboxylic acids is 1. The van der Waals surface area contributed by atoms with Crippen LogP contribution >= 0.6 is 0 Å². The highest BCUT2D eigenvalue weighted by Crippen LogP contribution is 2.25. The maximum absolute atomic E-state index is 12.1. The summed E-state index contributed by atoms with van der Waals surface area (Å²) in [5.41, 5.74) is -0.471. The van der Waals surface area contributed by atoms with E-state index < -0.39 is 5.54 Å². The van der Waals surface area contributed by atoms with Gasteiger partial charge in [-0.2, -0.15) is 4.98 Å². The molecule has 1 aromatic rings. The van der Waals surface area contributed by atoms with Crippen molar-refractivity contribution in [1.82, 2.24) is 20.4 Å². The molecule has 2 rings (SSSR count). The zero-order chi connectivity index (χ0) is 13.2. The number of aryl methyl sites for hydroxylation is 1.